The molecule has 5 aromatic rings. The minimum absolute atomic E-state index is 0.0279. The number of benzene rings is 4. The van der Waals surface area contributed by atoms with E-state index in [1.54, 1.807) is 31.0 Å². The molecule has 6 nitrogen and oxygen atoms in total. The Morgan fingerprint density at radius 3 is 2.33 bits per heavy atom. The van der Waals surface area contributed by atoms with E-state index in [9.17, 15) is 4.79 Å². The van der Waals surface area contributed by atoms with Crippen LogP contribution in [-0.2, 0) is 11.3 Å². The van der Waals surface area contributed by atoms with Crippen LogP contribution in [0.1, 0.15) is 34.7 Å². The number of ether oxygens (including phenoxy) is 2. The largest absolute Gasteiger partial charge is 0.497 e. The van der Waals surface area contributed by atoms with Crippen molar-refractivity contribution >= 4 is 34.3 Å². The molecule has 4 aromatic carbocycles. The zero-order chi connectivity index (χ0) is 29.1. The summed E-state index contributed by atoms with van der Waals surface area (Å²) in [5, 5.41) is 7.69. The van der Waals surface area contributed by atoms with Crippen LogP contribution in [0.15, 0.2) is 113 Å². The normalized spacial score (nSPS) is 14.7. The molecule has 6 rings (SSSR count). The van der Waals surface area contributed by atoms with Crippen LogP contribution < -0.4 is 9.47 Å². The van der Waals surface area contributed by atoms with Crippen molar-refractivity contribution in [2.75, 3.05) is 20.0 Å². The summed E-state index contributed by atoms with van der Waals surface area (Å²) in [5.41, 5.74) is 6.55. The van der Waals surface area contributed by atoms with E-state index in [0.29, 0.717) is 6.42 Å². The Hall–Kier alpha value is -4.49. The first-order valence-corrected chi connectivity index (χ1v) is 14.9. The van der Waals surface area contributed by atoms with E-state index in [0.717, 1.165) is 50.7 Å². The second-order valence-electron chi connectivity index (χ2n) is 10.4. The number of carbonyl (C=O) groups excluding carboxylic acids is 1. The molecule has 1 aliphatic heterocycles. The molecular weight excluding hydrogens is 542 g/mol. The molecule has 0 saturated heterocycles. The van der Waals surface area contributed by atoms with Gasteiger partial charge in [-0.15, -0.1) is 11.8 Å². The molecule has 1 amide bonds. The van der Waals surface area contributed by atoms with E-state index in [1.807, 2.05) is 48.5 Å². The average molecular weight is 576 g/mol. The molecule has 0 bridgehead atoms. The highest BCUT2D eigenvalue weighted by atomic mass is 32.2. The van der Waals surface area contributed by atoms with Crippen LogP contribution in [0.2, 0.25) is 0 Å². The Balaban J connectivity index is 1.26. The fourth-order valence-corrected chi connectivity index (χ4v) is 6.40. The summed E-state index contributed by atoms with van der Waals surface area (Å²) in [5.74, 6) is 1.82. The first-order valence-electron chi connectivity index (χ1n) is 14.0. The van der Waals surface area contributed by atoms with Crippen molar-refractivity contribution in [1.82, 2.24) is 9.58 Å². The van der Waals surface area contributed by atoms with Gasteiger partial charge in [0, 0.05) is 35.0 Å². The maximum Gasteiger partial charge on any atom is 0.253 e. The van der Waals surface area contributed by atoms with Gasteiger partial charge >= 0.3 is 0 Å². The molecule has 42 heavy (non-hydrogen) atoms. The van der Waals surface area contributed by atoms with Crippen molar-refractivity contribution < 1.29 is 14.3 Å². The Kier molecular flexibility index (Phi) is 8.02. The SMILES string of the molecule is COc1ccc(C2=NN(C(=O)CSc3cn(Cc4cccc(C)c4)c4ccccc34)[C@H](c3ccc(OC)cc3)C2)cc1. The molecule has 212 valence electrons. The minimum atomic E-state index is -0.191. The second kappa shape index (κ2) is 12.2. The molecule has 0 spiro atoms. The van der Waals surface area contributed by atoms with Crippen molar-refractivity contribution in [3.63, 3.8) is 0 Å². The number of thioether (sulfide) groups is 1. The predicted octanol–water partition coefficient (Wildman–Crippen LogP) is 7.49. The van der Waals surface area contributed by atoms with E-state index < -0.39 is 0 Å². The van der Waals surface area contributed by atoms with Crippen molar-refractivity contribution in [2.24, 2.45) is 5.10 Å². The predicted molar refractivity (Wildman–Crippen MR) is 170 cm³/mol. The van der Waals surface area contributed by atoms with Crippen molar-refractivity contribution in [1.29, 1.82) is 0 Å². The number of aryl methyl sites for hydroxylation is 1. The summed E-state index contributed by atoms with van der Waals surface area (Å²) < 4.78 is 13.0. The molecule has 0 saturated carbocycles. The fraction of sp³-hybridized carbons (Fsp3) is 0.200. The quantitative estimate of drug-likeness (QED) is 0.171. The number of carbonyl (C=O) groups is 1. The molecular formula is C35H33N3O3S. The highest BCUT2D eigenvalue weighted by Gasteiger charge is 2.33. The van der Waals surface area contributed by atoms with Crippen LogP contribution in [0, 0.1) is 6.92 Å². The molecule has 7 heteroatoms. The van der Waals surface area contributed by atoms with Gasteiger partial charge in [-0.05, 0) is 66.1 Å². The van der Waals surface area contributed by atoms with E-state index >= 15 is 0 Å². The fourth-order valence-electron chi connectivity index (χ4n) is 5.46. The highest BCUT2D eigenvalue weighted by Crippen LogP contribution is 2.36. The maximum absolute atomic E-state index is 13.8. The van der Waals surface area contributed by atoms with Gasteiger partial charge in [0.15, 0.2) is 0 Å². The lowest BCUT2D eigenvalue weighted by molar-refractivity contribution is -0.130. The third kappa shape index (κ3) is 5.78. The summed E-state index contributed by atoms with van der Waals surface area (Å²) in [4.78, 5) is 14.9. The van der Waals surface area contributed by atoms with Crippen LogP contribution in [0.4, 0.5) is 0 Å². The zero-order valence-electron chi connectivity index (χ0n) is 24.0. The first-order chi connectivity index (χ1) is 20.5. The lowest BCUT2D eigenvalue weighted by Gasteiger charge is -2.22. The molecule has 0 N–H and O–H groups in total. The lowest BCUT2D eigenvalue weighted by Crippen LogP contribution is -2.28. The number of amides is 1. The molecule has 1 aliphatic rings. The van der Waals surface area contributed by atoms with E-state index in [2.05, 4.69) is 66.2 Å². The zero-order valence-corrected chi connectivity index (χ0v) is 24.8. The standard InChI is InChI=1S/C35H33N3O3S/c1-24-7-6-8-25(19-24)21-37-22-34(30-9-4-5-10-32(30)37)42-23-35(39)38-33(27-13-17-29(41-3)18-14-27)20-31(36-38)26-11-15-28(40-2)16-12-26/h4-19,22,33H,20-21,23H2,1-3H3/t33-/m0/s1. The van der Waals surface area contributed by atoms with Gasteiger partial charge < -0.3 is 14.0 Å². The molecule has 0 fully saturated rings. The summed E-state index contributed by atoms with van der Waals surface area (Å²) in [6.45, 7) is 2.89. The molecule has 0 unspecified atom stereocenters. The maximum atomic E-state index is 13.8. The summed E-state index contributed by atoms with van der Waals surface area (Å²) in [6, 6.07) is 32.5. The Bertz CT molecular complexity index is 1740. The van der Waals surface area contributed by atoms with Crippen LogP contribution in [0.25, 0.3) is 10.9 Å². The smallest absolute Gasteiger partial charge is 0.253 e. The summed E-state index contributed by atoms with van der Waals surface area (Å²) in [6.07, 6.45) is 2.80. The highest BCUT2D eigenvalue weighted by molar-refractivity contribution is 8.00. The molecule has 0 aliphatic carbocycles. The van der Waals surface area contributed by atoms with Crippen LogP contribution in [0.5, 0.6) is 11.5 Å². The molecule has 2 heterocycles. The van der Waals surface area contributed by atoms with Crippen LogP contribution in [-0.4, -0.2) is 41.2 Å². The molecule has 1 aromatic heterocycles. The number of aromatic nitrogens is 1. The lowest BCUT2D eigenvalue weighted by atomic mass is 9.98. The van der Waals surface area contributed by atoms with Gasteiger partial charge in [-0.1, -0.05) is 60.2 Å². The average Bonchev–Trinajstić information content (AvgIpc) is 3.62. The van der Waals surface area contributed by atoms with Gasteiger partial charge in [-0.2, -0.15) is 5.10 Å². The number of hydrazone groups is 1. The van der Waals surface area contributed by atoms with Gasteiger partial charge in [0.25, 0.3) is 5.91 Å². The summed E-state index contributed by atoms with van der Waals surface area (Å²) >= 11 is 1.57. The summed E-state index contributed by atoms with van der Waals surface area (Å²) in [7, 11) is 3.31. The van der Waals surface area contributed by atoms with Gasteiger partial charge in [-0.3, -0.25) is 4.79 Å². The number of nitrogens with zero attached hydrogens (tertiary/aromatic N) is 3. The first kappa shape index (κ1) is 27.7. The van der Waals surface area contributed by atoms with Crippen molar-refractivity contribution in [3.8, 4) is 11.5 Å². The number of methoxy groups -OCH3 is 2. The van der Waals surface area contributed by atoms with E-state index in [4.69, 9.17) is 14.6 Å². The topological polar surface area (TPSA) is 56.1 Å². The second-order valence-corrected chi connectivity index (χ2v) is 11.4. The van der Waals surface area contributed by atoms with Gasteiger partial charge in [0.1, 0.15) is 11.5 Å². The number of hydrogen-bond donors (Lipinski definition) is 0. The third-order valence-corrected chi connectivity index (χ3v) is 8.66. The Morgan fingerprint density at radius 2 is 1.62 bits per heavy atom. The van der Waals surface area contributed by atoms with Crippen molar-refractivity contribution in [3.05, 3.63) is 126 Å². The molecule has 0 radical (unpaired) electrons. The number of para-hydroxylation sites is 1. The van der Waals surface area contributed by atoms with Gasteiger partial charge in [0.05, 0.1) is 31.7 Å². The Labute approximate surface area is 250 Å². The number of hydrogen-bond acceptors (Lipinski definition) is 5. The van der Waals surface area contributed by atoms with Gasteiger partial charge in [0.2, 0.25) is 0 Å². The minimum Gasteiger partial charge on any atom is -0.497 e. The van der Waals surface area contributed by atoms with Gasteiger partial charge in [-0.25, -0.2) is 5.01 Å². The monoisotopic (exact) mass is 575 g/mol. The third-order valence-electron chi connectivity index (χ3n) is 7.63. The van der Waals surface area contributed by atoms with E-state index in [1.165, 1.54) is 11.1 Å². The van der Waals surface area contributed by atoms with Crippen molar-refractivity contribution in [2.45, 2.75) is 30.8 Å². The molecule has 1 atom stereocenters. The number of rotatable bonds is 9. The van der Waals surface area contributed by atoms with Crippen LogP contribution in [0.3, 0.4) is 0 Å². The van der Waals surface area contributed by atoms with Crippen LogP contribution >= 0.6 is 11.8 Å². The van der Waals surface area contributed by atoms with E-state index in [-0.39, 0.29) is 17.7 Å². The Morgan fingerprint density at radius 1 is 0.905 bits per heavy atom. The number of fused-ring (bicyclic) bond motifs is 1.